The number of rotatable bonds is 13. The number of fused-ring (bicyclic) bond motifs is 2. The second kappa shape index (κ2) is 27.1. The molecule has 4 aliphatic heterocycles. The van der Waals surface area contributed by atoms with Crippen LogP contribution in [0.25, 0.3) is 17.5 Å². The van der Waals surface area contributed by atoms with Crippen LogP contribution in [-0.4, -0.2) is 139 Å². The Morgan fingerprint density at radius 1 is 0.683 bits per heavy atom. The molecule has 440 valence electrons. The lowest BCUT2D eigenvalue weighted by molar-refractivity contribution is -0.0527. The Bertz CT molecular complexity index is 3480. The van der Waals surface area contributed by atoms with Crippen molar-refractivity contribution in [2.45, 2.75) is 62.6 Å². The lowest BCUT2D eigenvalue weighted by Gasteiger charge is -2.35. The van der Waals surface area contributed by atoms with Crippen molar-refractivity contribution in [1.82, 2.24) is 38.8 Å². The van der Waals surface area contributed by atoms with E-state index < -0.39 is 55.0 Å². The van der Waals surface area contributed by atoms with Crippen LogP contribution in [0, 0.1) is 34.9 Å². The molecule has 4 aliphatic rings. The number of nitrogens with zero attached hydrogens (tertiary/aromatic N) is 7. The Labute approximate surface area is 480 Å². The summed E-state index contributed by atoms with van der Waals surface area (Å²) in [6.45, 7) is 8.23. The number of hydrogen-bond donors (Lipinski definition) is 1. The number of halogens is 6. The predicted octanol–water partition coefficient (Wildman–Crippen LogP) is 9.11. The van der Waals surface area contributed by atoms with E-state index in [1.54, 1.807) is 73.6 Å². The summed E-state index contributed by atoms with van der Waals surface area (Å²) in [4.78, 5) is 25.9. The zero-order valence-electron chi connectivity index (χ0n) is 45.1. The number of carbonyl (C=O) groups excluding carboxylic acids is 2. The molecule has 0 radical (unpaired) electrons. The fourth-order valence-electron chi connectivity index (χ4n) is 9.40. The molecule has 6 heterocycles. The molecule has 1 N–H and O–H groups in total. The summed E-state index contributed by atoms with van der Waals surface area (Å²) in [5.74, 6) is -1.06. The minimum atomic E-state index is -3.82. The topological polar surface area (TPSA) is 188 Å². The number of amides is 1. The summed E-state index contributed by atoms with van der Waals surface area (Å²) in [6, 6.07) is 19.0. The van der Waals surface area contributed by atoms with Crippen LogP contribution < -0.4 is 4.83 Å². The van der Waals surface area contributed by atoms with Gasteiger partial charge in [0, 0.05) is 89.7 Å². The zero-order valence-corrected chi connectivity index (χ0v) is 48.3. The molecule has 0 bridgehead atoms. The smallest absolute Gasteiger partial charge is 0.439 e. The highest BCUT2D eigenvalue weighted by atomic mass is 32.2. The minimum absolute atomic E-state index is 0.0325. The van der Waals surface area contributed by atoms with Gasteiger partial charge in [0.05, 0.1) is 49.8 Å². The van der Waals surface area contributed by atoms with Crippen LogP contribution in [0.1, 0.15) is 82.4 Å². The van der Waals surface area contributed by atoms with Crippen molar-refractivity contribution in [3.05, 3.63) is 170 Å². The van der Waals surface area contributed by atoms with E-state index in [0.29, 0.717) is 99.1 Å². The molecular formula is C55H60F6N8O9S4. The summed E-state index contributed by atoms with van der Waals surface area (Å²) in [6.07, 6.45) is 3.32. The van der Waals surface area contributed by atoms with E-state index in [1.807, 2.05) is 0 Å². The van der Waals surface area contributed by atoms with Crippen molar-refractivity contribution in [2.75, 3.05) is 70.4 Å². The van der Waals surface area contributed by atoms with Crippen LogP contribution in [0.2, 0.25) is 0 Å². The van der Waals surface area contributed by atoms with Crippen molar-refractivity contribution in [1.29, 1.82) is 0 Å². The summed E-state index contributed by atoms with van der Waals surface area (Å²) >= 11 is 3.33. The van der Waals surface area contributed by atoms with Crippen LogP contribution >= 0.6 is 23.5 Å². The zero-order chi connectivity index (χ0) is 58.9. The molecule has 2 atom stereocenters. The lowest BCUT2D eigenvalue weighted by Crippen LogP contribution is -2.54. The first-order chi connectivity index (χ1) is 39.0. The molecule has 0 aliphatic carbocycles. The molecule has 2 saturated heterocycles. The molecule has 27 heteroatoms. The Morgan fingerprint density at radius 2 is 1.12 bits per heavy atom. The first-order valence-electron chi connectivity index (χ1n) is 25.8. The molecule has 0 saturated carbocycles. The molecule has 1 amide bonds. The molecule has 4 aromatic carbocycles. The molecule has 2 unspecified atom stereocenters. The summed E-state index contributed by atoms with van der Waals surface area (Å²) in [7, 11) is -7.52. The number of sulfonamides is 2. The fourth-order valence-corrected chi connectivity index (χ4v) is 13.6. The van der Waals surface area contributed by atoms with E-state index in [9.17, 15) is 52.8 Å². The maximum Gasteiger partial charge on any atom is 0.439 e. The molecule has 2 fully saturated rings. The third kappa shape index (κ3) is 16.2. The van der Waals surface area contributed by atoms with Gasteiger partial charge >= 0.3 is 6.09 Å². The van der Waals surface area contributed by atoms with Gasteiger partial charge in [-0.15, -0.1) is 9.25 Å². The number of morpholine rings is 2. The number of ether oxygens (including phenoxy) is 3. The number of aldehydes is 1. The number of nitrogens with one attached hydrogen (secondary N) is 1. The largest absolute Gasteiger partial charge is 0.442 e. The van der Waals surface area contributed by atoms with Gasteiger partial charge < -0.3 is 14.2 Å². The van der Waals surface area contributed by atoms with Crippen molar-refractivity contribution >= 4 is 62.0 Å². The monoisotopic (exact) mass is 1220 g/mol. The average molecular weight is 1220 g/mol. The van der Waals surface area contributed by atoms with Crippen LogP contribution in [0.3, 0.4) is 0 Å². The highest BCUT2D eigenvalue weighted by Crippen LogP contribution is 2.41. The summed E-state index contributed by atoms with van der Waals surface area (Å²) in [5.41, 5.74) is 4.98. The van der Waals surface area contributed by atoms with E-state index in [2.05, 4.69) is 15.0 Å². The first kappa shape index (κ1) is 62.0. The van der Waals surface area contributed by atoms with Gasteiger partial charge in [-0.2, -0.15) is 38.7 Å². The van der Waals surface area contributed by atoms with Gasteiger partial charge in [-0.05, 0) is 99.3 Å². The third-order valence-corrected chi connectivity index (χ3v) is 17.2. The lowest BCUT2D eigenvalue weighted by atomic mass is 9.94. The highest BCUT2D eigenvalue weighted by Gasteiger charge is 2.36. The SMILES string of the molecule is CC(C)(C)OC(=O)N(N1CCOCC1)S(C)(=O)=O.O=Cc1nn(-c2ccc(F)cc2F)c2c1CSCC2Cc1ccc(F)cc1.O=S(=O)(/C=C/c1nn(-c2ccc(F)cc2F)c2c1CSCC2Cc1ccc(F)cc1)NN1CCOCC1. The minimum Gasteiger partial charge on any atom is -0.442 e. The normalized spacial score (nSPS) is 17.9. The van der Waals surface area contributed by atoms with Crippen LogP contribution in [0.5, 0.6) is 0 Å². The average Bonchev–Trinajstić information content (AvgIpc) is 4.23. The molecule has 82 heavy (non-hydrogen) atoms. The van der Waals surface area contributed by atoms with Gasteiger partial charge in [0.15, 0.2) is 17.9 Å². The molecule has 2 aromatic heterocycles. The summed E-state index contributed by atoms with van der Waals surface area (Å²) in [5, 5.41) is 12.9. The molecule has 6 aromatic rings. The Kier molecular flexibility index (Phi) is 20.5. The highest BCUT2D eigenvalue weighted by molar-refractivity contribution is 7.98. The quantitative estimate of drug-likeness (QED) is 0.0851. The molecule has 17 nitrogen and oxygen atoms in total. The second-order valence-electron chi connectivity index (χ2n) is 20.3. The number of benzene rings is 4. The van der Waals surface area contributed by atoms with Gasteiger partial charge in [0.1, 0.15) is 45.9 Å². The van der Waals surface area contributed by atoms with Crippen molar-refractivity contribution in [2.24, 2.45) is 0 Å². The Morgan fingerprint density at radius 3 is 1.56 bits per heavy atom. The van der Waals surface area contributed by atoms with E-state index in [1.165, 1.54) is 62.9 Å². The number of hydrogen-bond acceptors (Lipinski definition) is 15. The number of aromatic nitrogens is 4. The van der Waals surface area contributed by atoms with E-state index in [-0.39, 0.29) is 40.5 Å². The Hall–Kier alpha value is -6.04. The van der Waals surface area contributed by atoms with Gasteiger partial charge in [0.25, 0.3) is 10.0 Å². The van der Waals surface area contributed by atoms with Crippen LogP contribution in [0.4, 0.5) is 31.1 Å². The van der Waals surface area contributed by atoms with E-state index >= 15 is 0 Å². The third-order valence-electron chi connectivity index (χ3n) is 13.0. The van der Waals surface area contributed by atoms with Gasteiger partial charge in [-0.25, -0.2) is 62.3 Å². The fraction of sp³-hybridized carbons (Fsp3) is 0.382. The van der Waals surface area contributed by atoms with Crippen molar-refractivity contribution in [3.8, 4) is 11.4 Å². The number of hydrazine groups is 2. The molecule has 10 rings (SSSR count). The van der Waals surface area contributed by atoms with Gasteiger partial charge in [-0.1, -0.05) is 24.3 Å². The second-order valence-corrected chi connectivity index (χ2v) is 25.7. The van der Waals surface area contributed by atoms with Crippen molar-refractivity contribution < 1.29 is 67.0 Å². The van der Waals surface area contributed by atoms with Gasteiger partial charge in [0.2, 0.25) is 10.0 Å². The van der Waals surface area contributed by atoms with E-state index in [0.717, 1.165) is 69.3 Å². The van der Waals surface area contributed by atoms with Crippen LogP contribution in [-0.2, 0) is 58.6 Å². The predicted molar refractivity (Wildman–Crippen MR) is 299 cm³/mol. The standard InChI is InChI=1S/C25H25F3N4O3S2.C20H15F3N2OS.C10H20N2O5S/c26-19-3-1-17(2-4-19)13-18-15-36-16-21-23(7-12-37(33,34)30-31-8-10-35-11-9-31)29-32(25(18)21)24-6-5-20(27)14-22(24)28;21-14-3-1-12(2-4-14)7-13-10-27-11-16-18(9-26)24-25(20(13)16)19-6-5-15(22)8-17(19)23;1-10(2,3)17-9(13)12(18(4,14)15)11-5-7-16-8-6-11/h1-7,12,14,18,30H,8-11,13,15-16H2;1-6,8-9,13H,7,10-11H2;5-8H2,1-4H3/b12-7+;;. The number of carbonyl (C=O) groups is 2. The van der Waals surface area contributed by atoms with Crippen molar-refractivity contribution in [3.63, 3.8) is 0 Å². The molecule has 0 spiro atoms. The van der Waals surface area contributed by atoms with E-state index in [4.69, 9.17) is 14.2 Å². The van der Waals surface area contributed by atoms with Crippen LogP contribution in [0.15, 0.2) is 90.3 Å². The first-order valence-corrected chi connectivity index (χ1v) is 31.5. The Balaban J connectivity index is 0.000000172. The maximum atomic E-state index is 14.9. The van der Waals surface area contributed by atoms with Gasteiger partial charge in [-0.3, -0.25) is 4.79 Å². The molecular weight excluding hydrogens is 1160 g/mol. The summed E-state index contributed by atoms with van der Waals surface area (Å²) < 4.78 is 151. The number of thioether (sulfide) groups is 2. The maximum absolute atomic E-state index is 14.9.